The zero-order chi connectivity index (χ0) is 37.5. The zero-order valence-corrected chi connectivity index (χ0v) is 31.0. The summed E-state index contributed by atoms with van der Waals surface area (Å²) in [7, 11) is 0. The number of rotatable bonds is 5. The van der Waals surface area contributed by atoms with E-state index in [0.717, 1.165) is 103 Å². The van der Waals surface area contributed by atoms with E-state index in [0.29, 0.717) is 0 Å². The summed E-state index contributed by atoms with van der Waals surface area (Å²) in [6, 6.07) is 44.9. The summed E-state index contributed by atoms with van der Waals surface area (Å²) in [6.07, 6.45) is 15.7. The third kappa shape index (κ3) is 5.17. The number of nitrogens with zero attached hydrogens (tertiary/aromatic N) is 3. The molecule has 0 radical (unpaired) electrons. The molecule has 0 saturated heterocycles. The fraction of sp³-hybridized carbons (Fsp3) is 0.0980. The second-order valence-electron chi connectivity index (χ2n) is 15.2. The Morgan fingerprint density at radius 3 is 2.40 bits per heavy atom. The first-order chi connectivity index (χ1) is 28.2. The highest BCUT2D eigenvalue weighted by Crippen LogP contribution is 2.40. The van der Waals surface area contributed by atoms with Crippen LogP contribution in [0.1, 0.15) is 41.4 Å². The van der Waals surface area contributed by atoms with Crippen molar-refractivity contribution in [3.63, 3.8) is 0 Å². The highest BCUT2D eigenvalue weighted by Gasteiger charge is 2.27. The number of benzene rings is 6. The van der Waals surface area contributed by atoms with Crippen LogP contribution in [-0.2, 0) is 6.42 Å². The lowest BCUT2D eigenvalue weighted by Gasteiger charge is -2.26. The van der Waals surface area contributed by atoms with E-state index >= 15 is 0 Å². The molecule has 57 heavy (non-hydrogen) atoms. The van der Waals surface area contributed by atoms with Crippen molar-refractivity contribution in [1.82, 2.24) is 9.88 Å². The van der Waals surface area contributed by atoms with Crippen molar-refractivity contribution < 1.29 is 8.83 Å². The molecule has 6 nitrogen and oxygen atoms in total. The van der Waals surface area contributed by atoms with Crippen LogP contribution in [0.15, 0.2) is 177 Å². The second-order valence-corrected chi connectivity index (χ2v) is 15.2. The molecule has 4 heterocycles. The van der Waals surface area contributed by atoms with Gasteiger partial charge >= 0.3 is 0 Å². The fourth-order valence-corrected chi connectivity index (χ4v) is 9.12. The molecule has 6 heteroatoms. The van der Waals surface area contributed by atoms with Crippen LogP contribution in [0.4, 0.5) is 0 Å². The lowest BCUT2D eigenvalue weighted by Crippen LogP contribution is -2.35. The molecule has 6 aromatic carbocycles. The monoisotopic (exact) mass is 736 g/mol. The Labute approximate surface area is 328 Å². The summed E-state index contributed by atoms with van der Waals surface area (Å²) >= 11 is 0. The summed E-state index contributed by atoms with van der Waals surface area (Å²) in [6.45, 7) is 0. The third-order valence-corrected chi connectivity index (χ3v) is 11.8. The molecule has 3 aliphatic rings. The minimum Gasteiger partial charge on any atom is -0.456 e. The first kappa shape index (κ1) is 32.1. The van der Waals surface area contributed by atoms with E-state index in [1.807, 2.05) is 24.3 Å². The number of furan rings is 2. The number of hydrogen-bond donors (Lipinski definition) is 1. The smallest absolute Gasteiger partial charge is 0.148 e. The van der Waals surface area contributed by atoms with E-state index in [9.17, 15) is 0 Å². The number of nitrogens with one attached hydrogen (secondary N) is 1. The van der Waals surface area contributed by atoms with Gasteiger partial charge in [-0.25, -0.2) is 9.98 Å². The SMILES string of the molecule is C1=CCC(C2=NC(c3cccc4oc5cc(-c6ccc7oc8cc(-n9c%10c(c%11ccccc%119)C=CCC%10)ccc8c7c6)ccc5c34)NC(c3ccccc3)=N2)C=C1. The summed E-state index contributed by atoms with van der Waals surface area (Å²) in [5, 5.41) is 9.28. The molecule has 0 spiro atoms. The van der Waals surface area contributed by atoms with E-state index in [4.69, 9.17) is 18.8 Å². The van der Waals surface area contributed by atoms with E-state index in [2.05, 4.69) is 149 Å². The van der Waals surface area contributed by atoms with Crippen molar-refractivity contribution in [2.75, 3.05) is 0 Å². The molecule has 3 aromatic heterocycles. The van der Waals surface area contributed by atoms with Gasteiger partial charge in [-0.05, 0) is 78.9 Å². The van der Waals surface area contributed by atoms with Crippen LogP contribution < -0.4 is 5.32 Å². The van der Waals surface area contributed by atoms with Crippen molar-refractivity contribution in [1.29, 1.82) is 0 Å². The fourth-order valence-electron chi connectivity index (χ4n) is 9.12. The predicted octanol–water partition coefficient (Wildman–Crippen LogP) is 12.6. The number of para-hydroxylation sites is 1. The Bertz CT molecular complexity index is 3260. The van der Waals surface area contributed by atoms with Crippen molar-refractivity contribution in [2.45, 2.75) is 25.4 Å². The zero-order valence-electron chi connectivity index (χ0n) is 31.0. The Hall–Kier alpha value is -7.18. The van der Waals surface area contributed by atoms with Crippen LogP contribution in [0.3, 0.4) is 0 Å². The Morgan fingerprint density at radius 1 is 0.632 bits per heavy atom. The first-order valence-electron chi connectivity index (χ1n) is 19.8. The molecule has 12 rings (SSSR count). The van der Waals surface area contributed by atoms with Crippen molar-refractivity contribution >= 4 is 72.5 Å². The van der Waals surface area contributed by atoms with Gasteiger partial charge in [0.1, 0.15) is 40.2 Å². The van der Waals surface area contributed by atoms with Gasteiger partial charge in [-0.15, -0.1) is 0 Å². The van der Waals surface area contributed by atoms with Gasteiger partial charge < -0.3 is 18.7 Å². The molecule has 0 fully saturated rings. The molecule has 272 valence electrons. The molecule has 0 saturated carbocycles. The molecule has 1 aliphatic heterocycles. The maximum Gasteiger partial charge on any atom is 0.148 e. The third-order valence-electron chi connectivity index (χ3n) is 11.8. The highest BCUT2D eigenvalue weighted by atomic mass is 16.3. The first-order valence-corrected chi connectivity index (χ1v) is 19.8. The lowest BCUT2D eigenvalue weighted by molar-refractivity contribution is 0.656. The van der Waals surface area contributed by atoms with Gasteiger partial charge in [-0.2, -0.15) is 0 Å². The van der Waals surface area contributed by atoms with Crippen LogP contribution in [0.25, 0.3) is 77.7 Å². The van der Waals surface area contributed by atoms with Crippen molar-refractivity contribution in [2.24, 2.45) is 15.9 Å². The van der Waals surface area contributed by atoms with Crippen molar-refractivity contribution in [3.8, 4) is 16.8 Å². The Balaban J connectivity index is 0.921. The number of aliphatic imine (C=N–C) groups is 2. The summed E-state index contributed by atoms with van der Waals surface area (Å²) < 4.78 is 15.5. The number of aromatic nitrogens is 1. The average Bonchev–Trinajstić information content (AvgIpc) is 3.95. The van der Waals surface area contributed by atoms with Crippen LogP contribution in [-0.4, -0.2) is 16.2 Å². The van der Waals surface area contributed by atoms with Crippen LogP contribution in [0.5, 0.6) is 0 Å². The largest absolute Gasteiger partial charge is 0.456 e. The Morgan fingerprint density at radius 2 is 1.47 bits per heavy atom. The van der Waals surface area contributed by atoms with E-state index in [-0.39, 0.29) is 12.1 Å². The topological polar surface area (TPSA) is 68.0 Å². The molecular weight excluding hydrogens is 701 g/mol. The Kier molecular flexibility index (Phi) is 7.14. The highest BCUT2D eigenvalue weighted by molar-refractivity contribution is 6.12. The van der Waals surface area contributed by atoms with Gasteiger partial charge in [-0.1, -0.05) is 109 Å². The van der Waals surface area contributed by atoms with Gasteiger partial charge in [0.25, 0.3) is 0 Å². The quantitative estimate of drug-likeness (QED) is 0.191. The van der Waals surface area contributed by atoms with E-state index in [1.165, 1.54) is 22.2 Å². The molecule has 0 amide bonds. The van der Waals surface area contributed by atoms with Crippen LogP contribution in [0, 0.1) is 5.92 Å². The lowest BCUT2D eigenvalue weighted by atomic mass is 9.97. The predicted molar refractivity (Wildman–Crippen MR) is 233 cm³/mol. The van der Waals surface area contributed by atoms with Gasteiger partial charge in [0, 0.05) is 67.0 Å². The standard InChI is InChI=1S/C51H36N4O2/c1-3-12-31(13-4-1)49-52-50(32-14-5-2-6-15-32)54-51(53-49)40-18-11-21-45-48(40)39-25-22-34(29-46(39)57-45)33-23-27-44-41(28-33)38-26-24-35(30-47(38)56-44)55-42-19-9-7-16-36(42)37-17-8-10-20-43(37)55/h1-9,11-14,16-19,21-30,32,51H,10,15,20H2,(H,52,53,54). The molecule has 2 aliphatic carbocycles. The normalized spacial score (nSPS) is 17.8. The number of hydrogen-bond acceptors (Lipinski definition) is 5. The van der Waals surface area contributed by atoms with E-state index < -0.39 is 0 Å². The summed E-state index contributed by atoms with van der Waals surface area (Å²) in [5.74, 6) is 1.78. The number of fused-ring (bicyclic) bond motifs is 9. The maximum absolute atomic E-state index is 6.61. The molecule has 2 atom stereocenters. The number of amidine groups is 2. The molecule has 0 bridgehead atoms. The van der Waals surface area contributed by atoms with Crippen LogP contribution in [0.2, 0.25) is 0 Å². The number of allylic oxidation sites excluding steroid dienone is 4. The molecular formula is C51H36N4O2. The summed E-state index contributed by atoms with van der Waals surface area (Å²) in [5.41, 5.74) is 12.8. The van der Waals surface area contributed by atoms with Crippen molar-refractivity contribution in [3.05, 3.63) is 180 Å². The molecule has 1 N–H and O–H groups in total. The maximum atomic E-state index is 6.61. The van der Waals surface area contributed by atoms with Gasteiger partial charge in [0.2, 0.25) is 0 Å². The van der Waals surface area contributed by atoms with Gasteiger partial charge in [-0.3, -0.25) is 0 Å². The minimum absolute atomic E-state index is 0.121. The summed E-state index contributed by atoms with van der Waals surface area (Å²) in [4.78, 5) is 10.3. The van der Waals surface area contributed by atoms with Gasteiger partial charge in [0.05, 0.1) is 5.52 Å². The minimum atomic E-state index is -0.327. The molecule has 9 aromatic rings. The molecule has 2 unspecified atom stereocenters. The second kappa shape index (κ2) is 12.7. The van der Waals surface area contributed by atoms with Crippen LogP contribution >= 0.6 is 0 Å². The van der Waals surface area contributed by atoms with Gasteiger partial charge in [0.15, 0.2) is 0 Å². The average molecular weight is 737 g/mol. The van der Waals surface area contributed by atoms with E-state index in [1.54, 1.807) is 0 Å².